The zero-order chi connectivity index (χ0) is 34.1. The minimum absolute atomic E-state index is 0.0415. The lowest BCUT2D eigenvalue weighted by Gasteiger charge is -2.30. The van der Waals surface area contributed by atoms with Crippen LogP contribution in [0, 0.1) is 27.7 Å². The number of hydrogen-bond donors (Lipinski definition) is 0. The summed E-state index contributed by atoms with van der Waals surface area (Å²) in [4.78, 5) is 48.2. The van der Waals surface area contributed by atoms with Crippen LogP contribution in [0.2, 0.25) is 0 Å². The van der Waals surface area contributed by atoms with Gasteiger partial charge in [0, 0.05) is 16.6 Å². The molecule has 2 heterocycles. The summed E-state index contributed by atoms with van der Waals surface area (Å²) in [6, 6.07) is 14.7. The highest BCUT2D eigenvalue weighted by Crippen LogP contribution is 2.41. The van der Waals surface area contributed by atoms with Gasteiger partial charge in [0.05, 0.1) is 12.8 Å². The number of fused-ring (bicyclic) bond motifs is 1. The number of aryl methyl sites for hydroxylation is 3. The number of imide groups is 1. The number of pyridine rings is 1. The normalized spacial score (nSPS) is 11.7. The van der Waals surface area contributed by atoms with Gasteiger partial charge in [-0.3, -0.25) is 4.57 Å². The Bertz CT molecular complexity index is 1770. The number of ether oxygens (including phenoxy) is 4. The highest BCUT2D eigenvalue weighted by molar-refractivity contribution is 6.18. The van der Waals surface area contributed by atoms with Gasteiger partial charge >= 0.3 is 18.2 Å². The number of anilines is 1. The van der Waals surface area contributed by atoms with E-state index < -0.39 is 29.4 Å². The molecule has 2 aromatic heterocycles. The van der Waals surface area contributed by atoms with Crippen molar-refractivity contribution in [2.24, 2.45) is 0 Å². The van der Waals surface area contributed by atoms with Crippen LogP contribution in [0.4, 0.5) is 15.4 Å². The van der Waals surface area contributed by atoms with Crippen molar-refractivity contribution < 1.29 is 33.3 Å². The molecule has 2 amide bonds. The summed E-state index contributed by atoms with van der Waals surface area (Å²) in [5, 5.41) is 0.384. The van der Waals surface area contributed by atoms with Crippen molar-refractivity contribution in [1.29, 1.82) is 0 Å². The van der Waals surface area contributed by atoms with Gasteiger partial charge in [0.1, 0.15) is 34.8 Å². The van der Waals surface area contributed by atoms with E-state index >= 15 is 0 Å². The van der Waals surface area contributed by atoms with Gasteiger partial charge in [0.2, 0.25) is 0 Å². The molecule has 4 aromatic rings. The summed E-state index contributed by atoms with van der Waals surface area (Å²) in [6.07, 6.45) is -2.07. The molecule has 0 N–H and O–H groups in total. The molecule has 0 aliphatic heterocycles. The minimum Gasteiger partial charge on any atom is -0.496 e. The molecule has 0 aliphatic rings. The molecule has 0 radical (unpaired) electrons. The zero-order valence-corrected chi connectivity index (χ0v) is 28.5. The summed E-state index contributed by atoms with van der Waals surface area (Å²) in [5.74, 6) is -0.317. The standard InChI is InChI=1S/C36H43N3O7/c1-21-17-18-27(43-11)23(3)29(21)38-30-26(19-22(2)24(4)37-30)28(32(40)44-20-25-15-13-12-14-16-25)31(38)39(33(41)45-35(5,6)7)34(42)46-36(8,9)10/h12-19H,20H2,1-11H3. The Balaban J connectivity index is 2.17. The van der Waals surface area contributed by atoms with E-state index in [1.54, 1.807) is 53.2 Å². The number of carbonyl (C=O) groups is 3. The molecule has 0 aliphatic carbocycles. The molecule has 244 valence electrons. The number of nitrogens with zero attached hydrogens (tertiary/aromatic N) is 3. The van der Waals surface area contributed by atoms with Crippen LogP contribution in [0.3, 0.4) is 0 Å². The molecular weight excluding hydrogens is 586 g/mol. The first-order valence-electron chi connectivity index (χ1n) is 15.1. The van der Waals surface area contributed by atoms with E-state index in [-0.39, 0.29) is 18.0 Å². The van der Waals surface area contributed by atoms with E-state index in [0.717, 1.165) is 21.6 Å². The Labute approximate surface area is 270 Å². The fraction of sp³-hybridized carbons (Fsp3) is 0.389. The molecule has 0 unspecified atom stereocenters. The molecule has 0 bridgehead atoms. The van der Waals surface area contributed by atoms with Gasteiger partial charge in [0.15, 0.2) is 5.82 Å². The third kappa shape index (κ3) is 7.17. The van der Waals surface area contributed by atoms with Crippen LogP contribution in [-0.4, -0.2) is 46.0 Å². The molecule has 2 aromatic carbocycles. The fourth-order valence-corrected chi connectivity index (χ4v) is 5.04. The summed E-state index contributed by atoms with van der Waals surface area (Å²) in [7, 11) is 1.56. The van der Waals surface area contributed by atoms with E-state index in [0.29, 0.717) is 33.7 Å². The SMILES string of the molecule is COc1ccc(C)c(-n2c(N(C(=O)OC(C)(C)C)C(=O)OC(C)(C)C)c(C(=O)OCc3ccccc3)c3cc(C)c(C)nc32)c1C. The highest BCUT2D eigenvalue weighted by atomic mass is 16.6. The highest BCUT2D eigenvalue weighted by Gasteiger charge is 2.41. The number of aromatic nitrogens is 2. The Kier molecular flexibility index (Phi) is 9.51. The molecule has 10 heteroatoms. The lowest BCUT2D eigenvalue weighted by Crippen LogP contribution is -2.45. The molecule has 0 spiro atoms. The average Bonchev–Trinajstić information content (AvgIpc) is 3.23. The van der Waals surface area contributed by atoms with Gasteiger partial charge in [-0.15, -0.1) is 0 Å². The van der Waals surface area contributed by atoms with Crippen molar-refractivity contribution in [2.75, 3.05) is 12.0 Å². The van der Waals surface area contributed by atoms with Crippen LogP contribution < -0.4 is 9.64 Å². The van der Waals surface area contributed by atoms with Gasteiger partial charge < -0.3 is 18.9 Å². The van der Waals surface area contributed by atoms with Crippen LogP contribution in [-0.2, 0) is 20.8 Å². The second-order valence-corrected chi connectivity index (χ2v) is 13.2. The van der Waals surface area contributed by atoms with Gasteiger partial charge in [-0.2, -0.15) is 4.90 Å². The van der Waals surface area contributed by atoms with Crippen molar-refractivity contribution in [3.05, 3.63) is 82.0 Å². The molecule has 0 atom stereocenters. The summed E-state index contributed by atoms with van der Waals surface area (Å²) < 4.78 is 24.7. The summed E-state index contributed by atoms with van der Waals surface area (Å²) in [5.41, 5.74) is 2.60. The van der Waals surface area contributed by atoms with Crippen molar-refractivity contribution in [3.63, 3.8) is 0 Å². The van der Waals surface area contributed by atoms with Crippen LogP contribution >= 0.6 is 0 Å². The number of benzene rings is 2. The summed E-state index contributed by atoms with van der Waals surface area (Å²) >= 11 is 0. The van der Waals surface area contributed by atoms with Crippen LogP contribution in [0.25, 0.3) is 16.7 Å². The smallest absolute Gasteiger partial charge is 0.425 e. The maximum Gasteiger partial charge on any atom is 0.425 e. The van der Waals surface area contributed by atoms with E-state index in [9.17, 15) is 14.4 Å². The van der Waals surface area contributed by atoms with Crippen LogP contribution in [0.15, 0.2) is 48.5 Å². The Hall–Kier alpha value is -4.86. The largest absolute Gasteiger partial charge is 0.496 e. The second-order valence-electron chi connectivity index (χ2n) is 13.2. The Morgan fingerprint density at radius 3 is 1.96 bits per heavy atom. The number of carbonyl (C=O) groups excluding carboxylic acids is 3. The van der Waals surface area contributed by atoms with Crippen LogP contribution in [0.1, 0.15) is 79.8 Å². The molecule has 0 saturated heterocycles. The van der Waals surface area contributed by atoms with Crippen molar-refractivity contribution in [2.45, 2.75) is 87.0 Å². The maximum atomic E-state index is 14.3. The first-order valence-corrected chi connectivity index (χ1v) is 15.1. The van der Waals surface area contributed by atoms with Crippen molar-refractivity contribution >= 4 is 35.0 Å². The molecule has 46 heavy (non-hydrogen) atoms. The third-order valence-electron chi connectivity index (χ3n) is 7.17. The average molecular weight is 630 g/mol. The lowest BCUT2D eigenvalue weighted by atomic mass is 10.1. The number of rotatable bonds is 6. The first-order chi connectivity index (χ1) is 21.4. The number of methoxy groups -OCH3 is 1. The molecule has 10 nitrogen and oxygen atoms in total. The molecule has 0 saturated carbocycles. The fourth-order valence-electron chi connectivity index (χ4n) is 5.04. The maximum absolute atomic E-state index is 14.3. The predicted octanol–water partition coefficient (Wildman–Crippen LogP) is 8.30. The molecule has 0 fully saturated rings. The number of esters is 1. The van der Waals surface area contributed by atoms with E-state index in [1.807, 2.05) is 76.2 Å². The number of amides is 2. The third-order valence-corrected chi connectivity index (χ3v) is 7.17. The first kappa shape index (κ1) is 34.0. The number of hydrogen-bond acceptors (Lipinski definition) is 8. The van der Waals surface area contributed by atoms with Gasteiger partial charge in [0.25, 0.3) is 0 Å². The predicted molar refractivity (Wildman–Crippen MR) is 177 cm³/mol. The molecular formula is C36H43N3O7. The van der Waals surface area contributed by atoms with Crippen LogP contribution in [0.5, 0.6) is 5.75 Å². The van der Waals surface area contributed by atoms with Crippen molar-refractivity contribution in [1.82, 2.24) is 9.55 Å². The monoisotopic (exact) mass is 629 g/mol. The minimum atomic E-state index is -1.03. The van der Waals surface area contributed by atoms with Gasteiger partial charge in [-0.1, -0.05) is 36.4 Å². The van der Waals surface area contributed by atoms with E-state index in [4.69, 9.17) is 23.9 Å². The molecule has 4 rings (SSSR count). The Morgan fingerprint density at radius 2 is 1.41 bits per heavy atom. The van der Waals surface area contributed by atoms with Gasteiger partial charge in [-0.25, -0.2) is 19.4 Å². The van der Waals surface area contributed by atoms with E-state index in [2.05, 4.69) is 0 Å². The zero-order valence-electron chi connectivity index (χ0n) is 28.5. The van der Waals surface area contributed by atoms with Crippen molar-refractivity contribution in [3.8, 4) is 11.4 Å². The summed E-state index contributed by atoms with van der Waals surface area (Å²) in [6.45, 7) is 17.6. The van der Waals surface area contributed by atoms with Gasteiger partial charge in [-0.05, 0) is 98.1 Å². The second kappa shape index (κ2) is 12.9. The quantitative estimate of drug-likeness (QED) is 0.155. The Morgan fingerprint density at radius 1 is 0.826 bits per heavy atom. The topological polar surface area (TPSA) is 109 Å². The lowest BCUT2D eigenvalue weighted by molar-refractivity contribution is 0.0427. The van der Waals surface area contributed by atoms with E-state index in [1.165, 1.54) is 0 Å².